The van der Waals surface area contributed by atoms with Crippen molar-refractivity contribution in [2.75, 3.05) is 13.2 Å². The number of aromatic nitrogens is 1. The topological polar surface area (TPSA) is 97.6 Å². The third-order valence-corrected chi connectivity index (χ3v) is 4.94. The Hall–Kier alpha value is -3.06. The number of nitro benzene ring substituents is 1. The van der Waals surface area contributed by atoms with Crippen LogP contribution >= 0.6 is 0 Å². The summed E-state index contributed by atoms with van der Waals surface area (Å²) >= 11 is 0. The van der Waals surface area contributed by atoms with E-state index in [0.717, 1.165) is 18.4 Å². The van der Waals surface area contributed by atoms with Crippen LogP contribution in [0.4, 0.5) is 5.69 Å². The molecule has 0 unspecified atom stereocenters. The molecule has 1 aliphatic heterocycles. The number of H-pyrrole nitrogens is 1. The van der Waals surface area contributed by atoms with E-state index < -0.39 is 4.92 Å². The van der Waals surface area contributed by atoms with Crippen LogP contribution < -0.4 is 4.74 Å². The minimum Gasteiger partial charge on any atom is -0.505 e. The molecule has 1 fully saturated rings. The summed E-state index contributed by atoms with van der Waals surface area (Å²) in [5.74, 6) is 0.510. The van der Waals surface area contributed by atoms with Crippen LogP contribution in [-0.2, 0) is 11.3 Å². The predicted octanol–water partition coefficient (Wildman–Crippen LogP) is 4.25. The third kappa shape index (κ3) is 3.46. The lowest BCUT2D eigenvalue weighted by Gasteiger charge is -2.21. The van der Waals surface area contributed by atoms with Gasteiger partial charge in [-0.05, 0) is 24.5 Å². The number of nitro groups is 1. The van der Waals surface area contributed by atoms with Crippen molar-refractivity contribution < 1.29 is 19.5 Å². The lowest BCUT2D eigenvalue weighted by molar-refractivity contribution is -0.383. The molecule has 0 saturated carbocycles. The van der Waals surface area contributed by atoms with Gasteiger partial charge in [-0.25, -0.2) is 0 Å². The number of hydrogen-bond donors (Lipinski definition) is 2. The first-order chi connectivity index (χ1) is 13.1. The van der Waals surface area contributed by atoms with Crippen molar-refractivity contribution in [3.05, 3.63) is 63.8 Å². The Bertz CT molecular complexity index is 961. The summed E-state index contributed by atoms with van der Waals surface area (Å²) in [6, 6.07) is 12.6. The number of ether oxygens (including phenoxy) is 2. The number of non-ortho nitro benzene ring substituents is 1. The maximum Gasteiger partial charge on any atom is 0.297 e. The Kier molecular flexibility index (Phi) is 4.68. The molecule has 4 rings (SSSR count). The smallest absolute Gasteiger partial charge is 0.297 e. The number of fused-ring (bicyclic) bond motifs is 1. The van der Waals surface area contributed by atoms with E-state index in [-0.39, 0.29) is 17.4 Å². The van der Waals surface area contributed by atoms with Gasteiger partial charge >= 0.3 is 0 Å². The number of hydrogen-bond acceptors (Lipinski definition) is 5. The molecular formula is C20H20N2O5. The Morgan fingerprint density at radius 2 is 1.96 bits per heavy atom. The molecule has 3 aromatic rings. The second-order valence-electron chi connectivity index (χ2n) is 6.67. The zero-order chi connectivity index (χ0) is 18.8. The molecule has 7 nitrogen and oxygen atoms in total. The lowest BCUT2D eigenvalue weighted by Crippen LogP contribution is -2.14. The van der Waals surface area contributed by atoms with Gasteiger partial charge in [0, 0.05) is 19.1 Å². The molecule has 1 aliphatic rings. The van der Waals surface area contributed by atoms with Crippen LogP contribution in [0.1, 0.15) is 30.0 Å². The Morgan fingerprint density at radius 1 is 1.22 bits per heavy atom. The highest BCUT2D eigenvalue weighted by Gasteiger charge is 2.26. The predicted molar refractivity (Wildman–Crippen MR) is 100 cm³/mol. The fourth-order valence-electron chi connectivity index (χ4n) is 3.51. The van der Waals surface area contributed by atoms with E-state index >= 15 is 0 Å². The summed E-state index contributed by atoms with van der Waals surface area (Å²) in [6.07, 6.45) is 1.54. The average molecular weight is 368 g/mol. The molecular weight excluding hydrogens is 348 g/mol. The van der Waals surface area contributed by atoms with Crippen molar-refractivity contribution in [1.82, 2.24) is 4.98 Å². The van der Waals surface area contributed by atoms with Crippen molar-refractivity contribution in [2.24, 2.45) is 0 Å². The molecule has 0 radical (unpaired) electrons. The lowest BCUT2D eigenvalue weighted by atomic mass is 9.96. The summed E-state index contributed by atoms with van der Waals surface area (Å²) < 4.78 is 11.1. The molecule has 1 aromatic heterocycles. The van der Waals surface area contributed by atoms with Gasteiger partial charge < -0.3 is 19.6 Å². The second kappa shape index (κ2) is 7.28. The minimum absolute atomic E-state index is 0.0603. The maximum atomic E-state index is 11.6. The molecule has 0 bridgehead atoms. The highest BCUT2D eigenvalue weighted by molar-refractivity contribution is 5.95. The van der Waals surface area contributed by atoms with Gasteiger partial charge in [0.1, 0.15) is 23.6 Å². The van der Waals surface area contributed by atoms with Crippen LogP contribution in [0, 0.1) is 10.1 Å². The number of rotatable bonds is 5. The van der Waals surface area contributed by atoms with E-state index in [9.17, 15) is 15.2 Å². The standard InChI is InChI=1S/C20H20N2O5/c23-20-16-10-15(27-12-13-4-2-1-3-5-13)11-17(22(24)25)19(16)21-18(20)14-6-8-26-9-7-14/h1-5,10-11,14,21,23H,6-9,12H2. The molecule has 1 saturated heterocycles. The van der Waals surface area contributed by atoms with Gasteiger partial charge in [0.2, 0.25) is 0 Å². The van der Waals surface area contributed by atoms with Crippen LogP contribution in [0.5, 0.6) is 11.5 Å². The van der Waals surface area contributed by atoms with E-state index in [4.69, 9.17) is 9.47 Å². The Morgan fingerprint density at radius 3 is 2.67 bits per heavy atom. The number of aromatic amines is 1. The van der Waals surface area contributed by atoms with Gasteiger partial charge in [-0.2, -0.15) is 0 Å². The number of aromatic hydroxyl groups is 1. The summed E-state index contributed by atoms with van der Waals surface area (Å²) in [7, 11) is 0. The van der Waals surface area contributed by atoms with Crippen molar-refractivity contribution >= 4 is 16.6 Å². The summed E-state index contributed by atoms with van der Waals surface area (Å²) in [5, 5.41) is 22.7. The molecule has 140 valence electrons. The quantitative estimate of drug-likeness (QED) is 0.518. The third-order valence-electron chi connectivity index (χ3n) is 4.94. The second-order valence-corrected chi connectivity index (χ2v) is 6.67. The van der Waals surface area contributed by atoms with Gasteiger partial charge in [0.15, 0.2) is 0 Å². The fourth-order valence-corrected chi connectivity index (χ4v) is 3.51. The fraction of sp³-hybridized carbons (Fsp3) is 0.300. The number of nitrogens with zero attached hydrogens (tertiary/aromatic N) is 1. The molecule has 27 heavy (non-hydrogen) atoms. The first-order valence-electron chi connectivity index (χ1n) is 8.91. The zero-order valence-electron chi connectivity index (χ0n) is 14.7. The van der Waals surface area contributed by atoms with Gasteiger partial charge in [-0.15, -0.1) is 0 Å². The molecule has 0 amide bonds. The minimum atomic E-state index is -0.457. The van der Waals surface area contributed by atoms with E-state index in [1.54, 1.807) is 6.07 Å². The van der Waals surface area contributed by atoms with E-state index in [1.165, 1.54) is 6.07 Å². The SMILES string of the molecule is O=[N+]([O-])c1cc(OCc2ccccc2)cc2c(O)c(C3CCOCC3)[nH]c12. The van der Waals surface area contributed by atoms with Crippen LogP contribution in [0.2, 0.25) is 0 Å². The molecule has 2 aromatic carbocycles. The van der Waals surface area contributed by atoms with Gasteiger partial charge in [-0.3, -0.25) is 10.1 Å². The van der Waals surface area contributed by atoms with Gasteiger partial charge in [0.25, 0.3) is 5.69 Å². The van der Waals surface area contributed by atoms with Crippen molar-refractivity contribution in [3.8, 4) is 11.5 Å². The van der Waals surface area contributed by atoms with E-state index in [0.29, 0.717) is 42.2 Å². The van der Waals surface area contributed by atoms with E-state index in [1.807, 2.05) is 30.3 Å². The molecule has 0 atom stereocenters. The van der Waals surface area contributed by atoms with E-state index in [2.05, 4.69) is 4.98 Å². The highest BCUT2D eigenvalue weighted by Crippen LogP contribution is 2.42. The highest BCUT2D eigenvalue weighted by atomic mass is 16.6. The van der Waals surface area contributed by atoms with Crippen molar-refractivity contribution in [3.63, 3.8) is 0 Å². The number of benzene rings is 2. The molecule has 2 N–H and O–H groups in total. The normalized spacial score (nSPS) is 15.1. The van der Waals surface area contributed by atoms with Crippen LogP contribution in [-0.4, -0.2) is 28.2 Å². The molecule has 2 heterocycles. The van der Waals surface area contributed by atoms with Crippen molar-refractivity contribution in [2.45, 2.75) is 25.4 Å². The van der Waals surface area contributed by atoms with Gasteiger partial charge in [0.05, 0.1) is 22.1 Å². The number of nitrogens with one attached hydrogen (secondary N) is 1. The van der Waals surface area contributed by atoms with Crippen LogP contribution in [0.25, 0.3) is 10.9 Å². The monoisotopic (exact) mass is 368 g/mol. The maximum absolute atomic E-state index is 11.6. The van der Waals surface area contributed by atoms with Crippen LogP contribution in [0.3, 0.4) is 0 Å². The molecule has 0 spiro atoms. The average Bonchev–Trinajstić information content (AvgIpc) is 3.04. The largest absolute Gasteiger partial charge is 0.505 e. The summed E-state index contributed by atoms with van der Waals surface area (Å²) in [5.41, 5.74) is 1.81. The van der Waals surface area contributed by atoms with Gasteiger partial charge in [-0.1, -0.05) is 30.3 Å². The summed E-state index contributed by atoms with van der Waals surface area (Å²) in [4.78, 5) is 14.2. The Labute approximate surface area is 155 Å². The van der Waals surface area contributed by atoms with Crippen LogP contribution in [0.15, 0.2) is 42.5 Å². The summed E-state index contributed by atoms with van der Waals surface area (Å²) in [6.45, 7) is 1.53. The van der Waals surface area contributed by atoms with Crippen molar-refractivity contribution in [1.29, 1.82) is 0 Å². The Balaban J connectivity index is 1.71. The zero-order valence-corrected chi connectivity index (χ0v) is 14.7. The first kappa shape index (κ1) is 17.4. The first-order valence-corrected chi connectivity index (χ1v) is 8.91. The molecule has 7 heteroatoms. The molecule has 0 aliphatic carbocycles.